The quantitative estimate of drug-likeness (QED) is 0.186. The van der Waals surface area contributed by atoms with Gasteiger partial charge in [0.05, 0.1) is 22.4 Å². The molecule has 11 rings (SSSR count). The van der Waals surface area contributed by atoms with Gasteiger partial charge in [-0.15, -0.1) is 0 Å². The maximum Gasteiger partial charge on any atom is 0.160 e. The Morgan fingerprint density at radius 3 is 1.85 bits per heavy atom. The Hall–Kier alpha value is -6.78. The van der Waals surface area contributed by atoms with Gasteiger partial charge in [0.1, 0.15) is 11.2 Å². The molecule has 53 heavy (non-hydrogen) atoms. The smallest absolute Gasteiger partial charge is 0.160 e. The molecule has 0 saturated carbocycles. The molecule has 0 aliphatic heterocycles. The van der Waals surface area contributed by atoms with E-state index in [0.29, 0.717) is 5.82 Å². The maximum absolute atomic E-state index is 6.62. The number of benzene rings is 7. The van der Waals surface area contributed by atoms with E-state index < -0.39 is 0 Å². The lowest BCUT2D eigenvalue weighted by molar-refractivity contribution is 0.653. The highest BCUT2D eigenvalue weighted by atomic mass is 16.3. The topological polar surface area (TPSA) is 43.9 Å². The van der Waals surface area contributed by atoms with E-state index in [1.807, 2.05) is 18.2 Å². The van der Waals surface area contributed by atoms with Gasteiger partial charge in [-0.05, 0) is 71.3 Å². The van der Waals surface area contributed by atoms with Crippen molar-refractivity contribution in [2.75, 3.05) is 0 Å². The lowest BCUT2D eigenvalue weighted by atomic mass is 9.82. The van der Waals surface area contributed by atoms with Crippen LogP contribution in [0.15, 0.2) is 168 Å². The standard InChI is InChI=1S/C49H33N3O/c1-49(2)39-26-25-36-35-18-10-12-20-45(35)53-47(36)46(39)38-27-37-34-17-9-11-19-43(34)52(44(37)28-40(38)49)33-23-21-32(22-24-33)48-50-41(30-13-5-3-6-14-30)29-42(51-48)31-15-7-4-8-16-31/h3-29H,1-2H3. The summed E-state index contributed by atoms with van der Waals surface area (Å²) in [7, 11) is 0. The fraction of sp³-hybridized carbons (Fsp3) is 0.0612. The predicted molar refractivity (Wildman–Crippen MR) is 218 cm³/mol. The lowest BCUT2D eigenvalue weighted by Crippen LogP contribution is -2.15. The molecule has 4 nitrogen and oxygen atoms in total. The normalized spacial score (nSPS) is 13.2. The molecule has 0 radical (unpaired) electrons. The molecule has 7 aromatic carbocycles. The van der Waals surface area contributed by atoms with Crippen molar-refractivity contribution in [3.8, 4) is 50.7 Å². The van der Waals surface area contributed by atoms with Crippen molar-refractivity contribution in [3.63, 3.8) is 0 Å². The molecule has 0 N–H and O–H groups in total. The summed E-state index contributed by atoms with van der Waals surface area (Å²) < 4.78 is 9.02. The van der Waals surface area contributed by atoms with E-state index >= 15 is 0 Å². The largest absolute Gasteiger partial charge is 0.455 e. The fourth-order valence-electron chi connectivity index (χ4n) is 8.59. The van der Waals surface area contributed by atoms with E-state index in [2.05, 4.69) is 164 Å². The van der Waals surface area contributed by atoms with Crippen LogP contribution in [-0.4, -0.2) is 14.5 Å². The van der Waals surface area contributed by atoms with Crippen LogP contribution in [0.3, 0.4) is 0 Å². The minimum atomic E-state index is -0.200. The summed E-state index contributed by atoms with van der Waals surface area (Å²) in [6, 6.07) is 57.9. The molecule has 4 heteroatoms. The summed E-state index contributed by atoms with van der Waals surface area (Å²) >= 11 is 0. The molecule has 3 aromatic heterocycles. The average molecular weight is 680 g/mol. The second-order valence-corrected chi connectivity index (χ2v) is 14.6. The highest BCUT2D eigenvalue weighted by Gasteiger charge is 2.38. The van der Waals surface area contributed by atoms with E-state index in [9.17, 15) is 0 Å². The highest BCUT2D eigenvalue weighted by molar-refractivity contribution is 6.15. The van der Waals surface area contributed by atoms with Crippen LogP contribution in [0, 0.1) is 0 Å². The minimum Gasteiger partial charge on any atom is -0.455 e. The first-order valence-corrected chi connectivity index (χ1v) is 18.2. The van der Waals surface area contributed by atoms with Crippen molar-refractivity contribution in [2.45, 2.75) is 19.3 Å². The monoisotopic (exact) mass is 679 g/mol. The lowest BCUT2D eigenvalue weighted by Gasteiger charge is -2.21. The molecule has 0 spiro atoms. The third kappa shape index (κ3) is 4.42. The van der Waals surface area contributed by atoms with Gasteiger partial charge in [0.2, 0.25) is 0 Å². The molecule has 0 unspecified atom stereocenters. The number of fused-ring (bicyclic) bond motifs is 10. The molecule has 0 amide bonds. The maximum atomic E-state index is 6.62. The molecule has 1 aliphatic carbocycles. The molecule has 0 saturated heterocycles. The van der Waals surface area contributed by atoms with Crippen molar-refractivity contribution in [1.29, 1.82) is 0 Å². The molecule has 0 bridgehead atoms. The summed E-state index contributed by atoms with van der Waals surface area (Å²) in [5.74, 6) is 0.702. The fourth-order valence-corrected chi connectivity index (χ4v) is 8.59. The van der Waals surface area contributed by atoms with Gasteiger partial charge in [0.25, 0.3) is 0 Å². The van der Waals surface area contributed by atoms with Crippen molar-refractivity contribution in [2.24, 2.45) is 0 Å². The second-order valence-electron chi connectivity index (χ2n) is 14.6. The molecular formula is C49H33N3O. The van der Waals surface area contributed by atoms with Crippen LogP contribution >= 0.6 is 0 Å². The molecule has 3 heterocycles. The summed E-state index contributed by atoms with van der Waals surface area (Å²) in [5, 5.41) is 4.78. The molecule has 10 aromatic rings. The second kappa shape index (κ2) is 11.1. The van der Waals surface area contributed by atoms with Gasteiger partial charge in [0, 0.05) is 54.9 Å². The number of hydrogen-bond acceptors (Lipinski definition) is 3. The zero-order valence-corrected chi connectivity index (χ0v) is 29.3. The van der Waals surface area contributed by atoms with Gasteiger partial charge in [-0.1, -0.05) is 123 Å². The first-order chi connectivity index (χ1) is 26.0. The number of rotatable bonds is 4. The summed E-state index contributed by atoms with van der Waals surface area (Å²) in [5.41, 5.74) is 15.1. The van der Waals surface area contributed by atoms with Crippen LogP contribution in [-0.2, 0) is 5.41 Å². The number of aromatic nitrogens is 3. The van der Waals surface area contributed by atoms with E-state index in [0.717, 1.165) is 50.3 Å². The molecule has 0 atom stereocenters. The molecule has 250 valence electrons. The van der Waals surface area contributed by atoms with E-state index in [-0.39, 0.29) is 5.41 Å². The molecule has 1 aliphatic rings. The first kappa shape index (κ1) is 29.9. The van der Waals surface area contributed by atoms with Crippen molar-refractivity contribution >= 4 is 43.7 Å². The number of para-hydroxylation sites is 2. The van der Waals surface area contributed by atoms with Crippen LogP contribution in [0.25, 0.3) is 94.5 Å². The van der Waals surface area contributed by atoms with Gasteiger partial charge in [-0.3, -0.25) is 0 Å². The first-order valence-electron chi connectivity index (χ1n) is 18.2. The number of nitrogens with zero attached hydrogens (tertiary/aromatic N) is 3. The average Bonchev–Trinajstić information content (AvgIpc) is 3.83. The summed E-state index contributed by atoms with van der Waals surface area (Å²) in [4.78, 5) is 10.2. The Morgan fingerprint density at radius 2 is 1.13 bits per heavy atom. The van der Waals surface area contributed by atoms with Crippen LogP contribution in [0.4, 0.5) is 0 Å². The third-order valence-electron chi connectivity index (χ3n) is 11.2. The summed E-state index contributed by atoms with van der Waals surface area (Å²) in [6.07, 6.45) is 0. The van der Waals surface area contributed by atoms with Crippen LogP contribution < -0.4 is 0 Å². The van der Waals surface area contributed by atoms with Gasteiger partial charge >= 0.3 is 0 Å². The molecule has 0 fully saturated rings. The van der Waals surface area contributed by atoms with Gasteiger partial charge in [-0.2, -0.15) is 0 Å². The van der Waals surface area contributed by atoms with Crippen molar-refractivity contribution in [1.82, 2.24) is 14.5 Å². The Labute approximate surface area is 306 Å². The zero-order valence-electron chi connectivity index (χ0n) is 29.3. The number of hydrogen-bond donors (Lipinski definition) is 0. The van der Waals surface area contributed by atoms with Crippen molar-refractivity contribution in [3.05, 3.63) is 175 Å². The predicted octanol–water partition coefficient (Wildman–Crippen LogP) is 12.8. The van der Waals surface area contributed by atoms with Crippen LogP contribution in [0.1, 0.15) is 25.0 Å². The SMILES string of the molecule is CC1(C)c2cc3c(cc2-c2c1ccc1c2oc2ccccc21)c1ccccc1n3-c1ccc(-c2nc(-c3ccccc3)cc(-c3ccccc3)n2)cc1. The van der Waals surface area contributed by atoms with Crippen LogP contribution in [0.2, 0.25) is 0 Å². The Bertz CT molecular complexity index is 3000. The Morgan fingerprint density at radius 1 is 0.491 bits per heavy atom. The van der Waals surface area contributed by atoms with Gasteiger partial charge < -0.3 is 8.98 Å². The van der Waals surface area contributed by atoms with E-state index in [1.54, 1.807) is 0 Å². The Kier molecular flexibility index (Phi) is 6.27. The minimum absolute atomic E-state index is 0.200. The van der Waals surface area contributed by atoms with Crippen molar-refractivity contribution < 1.29 is 4.42 Å². The van der Waals surface area contributed by atoms with Gasteiger partial charge in [0.15, 0.2) is 5.82 Å². The Balaban J connectivity index is 1.08. The number of furan rings is 1. The van der Waals surface area contributed by atoms with Crippen LogP contribution in [0.5, 0.6) is 0 Å². The summed E-state index contributed by atoms with van der Waals surface area (Å²) in [6.45, 7) is 4.68. The van der Waals surface area contributed by atoms with E-state index in [4.69, 9.17) is 14.4 Å². The zero-order chi connectivity index (χ0) is 35.3. The van der Waals surface area contributed by atoms with E-state index in [1.165, 1.54) is 49.4 Å². The molecular weight excluding hydrogens is 647 g/mol. The van der Waals surface area contributed by atoms with Gasteiger partial charge in [-0.25, -0.2) is 9.97 Å². The highest BCUT2D eigenvalue weighted by Crippen LogP contribution is 2.54. The third-order valence-corrected chi connectivity index (χ3v) is 11.2.